The number of hydrogen-bond acceptors (Lipinski definition) is 3. The summed E-state index contributed by atoms with van der Waals surface area (Å²) < 4.78 is 0. The molecule has 2 aromatic carbocycles. The van der Waals surface area contributed by atoms with Crippen molar-refractivity contribution in [3.05, 3.63) is 58.6 Å². The summed E-state index contributed by atoms with van der Waals surface area (Å²) in [5.74, 6) is 0. The molecule has 0 saturated carbocycles. The van der Waals surface area contributed by atoms with E-state index in [1.165, 1.54) is 0 Å². The van der Waals surface area contributed by atoms with Crippen molar-refractivity contribution >= 4 is 11.4 Å². The zero-order chi connectivity index (χ0) is 13.1. The van der Waals surface area contributed by atoms with E-state index < -0.39 is 4.92 Å². The minimum Gasteiger partial charge on any atom is -0.378 e. The Hall–Kier alpha value is -2.36. The Morgan fingerprint density at radius 2 is 2.00 bits per heavy atom. The van der Waals surface area contributed by atoms with Gasteiger partial charge in [0.2, 0.25) is 0 Å². The number of hydrogen-bond donors (Lipinski definition) is 0. The van der Waals surface area contributed by atoms with Gasteiger partial charge < -0.3 is 4.90 Å². The Kier molecular flexibility index (Phi) is 3.28. The molecule has 0 saturated heterocycles. The van der Waals surface area contributed by atoms with Gasteiger partial charge >= 0.3 is 0 Å². The molecule has 91 valence electrons. The molecule has 0 aliphatic carbocycles. The Morgan fingerprint density at radius 3 is 2.67 bits per heavy atom. The first-order chi connectivity index (χ1) is 8.59. The van der Waals surface area contributed by atoms with E-state index in [2.05, 4.69) is 6.07 Å². The molecule has 2 rings (SSSR count). The summed E-state index contributed by atoms with van der Waals surface area (Å²) in [5, 5.41) is 11.0. The number of nitro benzene ring substituents is 1. The topological polar surface area (TPSA) is 46.4 Å². The second kappa shape index (κ2) is 4.87. The normalized spacial score (nSPS) is 10.1. The first-order valence-corrected chi connectivity index (χ1v) is 5.52. The highest BCUT2D eigenvalue weighted by Crippen LogP contribution is 2.30. The van der Waals surface area contributed by atoms with E-state index in [0.29, 0.717) is 5.56 Å². The third-order valence-corrected chi connectivity index (χ3v) is 2.69. The first-order valence-electron chi connectivity index (χ1n) is 5.52. The van der Waals surface area contributed by atoms with Gasteiger partial charge in [-0.15, -0.1) is 0 Å². The molecule has 18 heavy (non-hydrogen) atoms. The van der Waals surface area contributed by atoms with Crippen LogP contribution in [0.2, 0.25) is 0 Å². The molecule has 0 aliphatic heterocycles. The molecule has 0 bridgehead atoms. The van der Waals surface area contributed by atoms with Gasteiger partial charge in [0.05, 0.1) is 16.6 Å². The van der Waals surface area contributed by atoms with Gasteiger partial charge in [0, 0.05) is 19.8 Å². The molecule has 0 aliphatic rings. The van der Waals surface area contributed by atoms with E-state index in [4.69, 9.17) is 0 Å². The van der Waals surface area contributed by atoms with E-state index in [0.717, 1.165) is 11.3 Å². The van der Waals surface area contributed by atoms with Gasteiger partial charge in [-0.1, -0.05) is 18.2 Å². The SMILES string of the molecule is CN(C)c1cccc(-c2ccc[c]c2[N+](=O)[O-])c1. The molecule has 4 heteroatoms. The summed E-state index contributed by atoms with van der Waals surface area (Å²) in [4.78, 5) is 12.5. The zero-order valence-electron chi connectivity index (χ0n) is 10.3. The number of para-hydroxylation sites is 1. The second-order valence-corrected chi connectivity index (χ2v) is 4.13. The smallest absolute Gasteiger partial charge is 0.285 e. The highest BCUT2D eigenvalue weighted by Gasteiger charge is 2.14. The molecular weight excluding hydrogens is 228 g/mol. The third-order valence-electron chi connectivity index (χ3n) is 2.69. The number of benzene rings is 2. The standard InChI is InChI=1S/C14H13N2O2/c1-15(2)12-7-5-6-11(10-12)13-8-3-4-9-14(13)16(17)18/h3-8,10H,1-2H3. The van der Waals surface area contributed by atoms with Crippen LogP contribution in [0.4, 0.5) is 11.4 Å². The summed E-state index contributed by atoms with van der Waals surface area (Å²) in [7, 11) is 3.87. The van der Waals surface area contributed by atoms with Crippen LogP contribution in [0.25, 0.3) is 11.1 Å². The molecule has 0 aromatic heterocycles. The van der Waals surface area contributed by atoms with Gasteiger partial charge in [0.1, 0.15) is 0 Å². The Labute approximate surface area is 106 Å². The average Bonchev–Trinajstić information content (AvgIpc) is 2.39. The molecule has 0 spiro atoms. The van der Waals surface area contributed by atoms with E-state index >= 15 is 0 Å². The van der Waals surface area contributed by atoms with Crippen LogP contribution < -0.4 is 4.90 Å². The summed E-state index contributed by atoms with van der Waals surface area (Å²) >= 11 is 0. The van der Waals surface area contributed by atoms with Gasteiger partial charge in [0.15, 0.2) is 0 Å². The molecule has 0 amide bonds. The fourth-order valence-electron chi connectivity index (χ4n) is 1.76. The van der Waals surface area contributed by atoms with Crippen molar-refractivity contribution in [2.75, 3.05) is 19.0 Å². The Balaban J connectivity index is 2.55. The van der Waals surface area contributed by atoms with Crippen LogP contribution in [0, 0.1) is 16.2 Å². The van der Waals surface area contributed by atoms with Crippen molar-refractivity contribution in [3.8, 4) is 11.1 Å². The minimum atomic E-state index is -0.405. The highest BCUT2D eigenvalue weighted by atomic mass is 16.6. The lowest BCUT2D eigenvalue weighted by molar-refractivity contribution is -0.384. The summed E-state index contributed by atoms with van der Waals surface area (Å²) in [6.45, 7) is 0. The Bertz CT molecular complexity index is 580. The maximum absolute atomic E-state index is 11.0. The van der Waals surface area contributed by atoms with Gasteiger partial charge in [0.25, 0.3) is 5.69 Å². The largest absolute Gasteiger partial charge is 0.378 e. The molecule has 0 N–H and O–H groups in total. The van der Waals surface area contributed by atoms with E-state index in [9.17, 15) is 10.1 Å². The van der Waals surface area contributed by atoms with Gasteiger partial charge in [-0.05, 0) is 29.8 Å². The first kappa shape index (κ1) is 12.1. The van der Waals surface area contributed by atoms with Crippen LogP contribution in [0.15, 0.2) is 42.5 Å². The van der Waals surface area contributed by atoms with Gasteiger partial charge in [-0.2, -0.15) is 0 Å². The van der Waals surface area contributed by atoms with Crippen LogP contribution in [-0.2, 0) is 0 Å². The molecule has 1 radical (unpaired) electrons. The van der Waals surface area contributed by atoms with Crippen molar-refractivity contribution in [2.45, 2.75) is 0 Å². The maximum Gasteiger partial charge on any atom is 0.285 e. The van der Waals surface area contributed by atoms with Crippen molar-refractivity contribution in [2.24, 2.45) is 0 Å². The van der Waals surface area contributed by atoms with Crippen LogP contribution >= 0.6 is 0 Å². The monoisotopic (exact) mass is 241 g/mol. The predicted octanol–water partition coefficient (Wildman–Crippen LogP) is 3.13. The van der Waals surface area contributed by atoms with Crippen LogP contribution in [-0.4, -0.2) is 19.0 Å². The van der Waals surface area contributed by atoms with Crippen molar-refractivity contribution in [1.29, 1.82) is 0 Å². The van der Waals surface area contributed by atoms with E-state index in [1.54, 1.807) is 18.2 Å². The third kappa shape index (κ3) is 2.32. The van der Waals surface area contributed by atoms with Gasteiger partial charge in [-0.25, -0.2) is 0 Å². The van der Waals surface area contributed by atoms with Gasteiger partial charge in [-0.3, -0.25) is 10.1 Å². The molecule has 4 nitrogen and oxygen atoms in total. The van der Waals surface area contributed by atoms with Crippen LogP contribution in [0.3, 0.4) is 0 Å². The maximum atomic E-state index is 11.0. The van der Waals surface area contributed by atoms with E-state index in [-0.39, 0.29) is 5.69 Å². The van der Waals surface area contributed by atoms with Crippen molar-refractivity contribution in [3.63, 3.8) is 0 Å². The summed E-state index contributed by atoms with van der Waals surface area (Å²) in [6, 6.07) is 15.4. The summed E-state index contributed by atoms with van der Waals surface area (Å²) in [5.41, 5.74) is 2.43. The summed E-state index contributed by atoms with van der Waals surface area (Å²) in [6.07, 6.45) is 0. The minimum absolute atomic E-state index is 0.00778. The lowest BCUT2D eigenvalue weighted by Crippen LogP contribution is -2.08. The average molecular weight is 241 g/mol. The van der Waals surface area contributed by atoms with Crippen molar-refractivity contribution < 1.29 is 4.92 Å². The zero-order valence-corrected chi connectivity index (χ0v) is 10.3. The second-order valence-electron chi connectivity index (χ2n) is 4.13. The number of nitrogens with zero attached hydrogens (tertiary/aromatic N) is 2. The number of rotatable bonds is 3. The number of nitro groups is 1. The van der Waals surface area contributed by atoms with Crippen LogP contribution in [0.1, 0.15) is 0 Å². The highest BCUT2D eigenvalue weighted by molar-refractivity contribution is 5.75. The van der Waals surface area contributed by atoms with E-state index in [1.807, 2.05) is 43.3 Å². The lowest BCUT2D eigenvalue weighted by Gasteiger charge is -2.13. The molecule has 2 aromatic rings. The quantitative estimate of drug-likeness (QED) is 0.612. The molecule has 0 atom stereocenters. The predicted molar refractivity (Wildman–Crippen MR) is 71.7 cm³/mol. The number of anilines is 1. The molecular formula is C14H13N2O2. The van der Waals surface area contributed by atoms with Crippen LogP contribution in [0.5, 0.6) is 0 Å². The van der Waals surface area contributed by atoms with Crippen molar-refractivity contribution in [1.82, 2.24) is 0 Å². The molecule has 0 heterocycles. The molecule has 0 fully saturated rings. The fourth-order valence-corrected chi connectivity index (χ4v) is 1.76. The molecule has 0 unspecified atom stereocenters. The lowest BCUT2D eigenvalue weighted by atomic mass is 10.0. The fraction of sp³-hybridized carbons (Fsp3) is 0.143. The Morgan fingerprint density at radius 1 is 1.22 bits per heavy atom.